The van der Waals surface area contributed by atoms with Gasteiger partial charge in [-0.15, -0.1) is 0 Å². The lowest BCUT2D eigenvalue weighted by Crippen LogP contribution is -2.53. The molecule has 0 aromatic heterocycles. The number of benzene rings is 1. The topological polar surface area (TPSA) is 49.9 Å². The largest absolute Gasteiger partial charge is 0.476 e. The van der Waals surface area contributed by atoms with E-state index in [0.29, 0.717) is 18.7 Å². The van der Waals surface area contributed by atoms with E-state index in [0.717, 1.165) is 37.2 Å². The molecule has 1 saturated heterocycles. The van der Waals surface area contributed by atoms with E-state index in [4.69, 9.17) is 4.74 Å². The lowest BCUT2D eigenvalue weighted by molar-refractivity contribution is -0.133. The van der Waals surface area contributed by atoms with Crippen molar-refractivity contribution in [1.82, 2.24) is 4.90 Å². The van der Waals surface area contributed by atoms with E-state index in [1.807, 2.05) is 30.0 Å². The maximum absolute atomic E-state index is 12.8. The summed E-state index contributed by atoms with van der Waals surface area (Å²) in [7, 11) is 0. The Hall–Kier alpha value is -2.04. The molecule has 0 unspecified atom stereocenters. The van der Waals surface area contributed by atoms with Crippen LogP contribution in [0.15, 0.2) is 18.2 Å². The van der Waals surface area contributed by atoms with Gasteiger partial charge in [-0.25, -0.2) is 0 Å². The first-order valence-corrected chi connectivity index (χ1v) is 8.78. The van der Waals surface area contributed by atoms with Crippen LogP contribution in [0.1, 0.15) is 45.1 Å². The Balaban J connectivity index is 1.77. The SMILES string of the molecule is Cc1ccc2c(c1)N(CCC(=O)N1CCCCC1)C(=O)C(C)(C)O2. The Morgan fingerprint density at radius 3 is 2.62 bits per heavy atom. The van der Waals surface area contributed by atoms with Gasteiger partial charge in [-0.1, -0.05) is 6.07 Å². The number of anilines is 1. The van der Waals surface area contributed by atoms with Crippen LogP contribution in [0.5, 0.6) is 5.75 Å². The number of hydrogen-bond donors (Lipinski definition) is 0. The van der Waals surface area contributed by atoms with Crippen molar-refractivity contribution in [2.24, 2.45) is 0 Å². The molecule has 0 radical (unpaired) electrons. The monoisotopic (exact) mass is 330 g/mol. The number of amides is 2. The molecule has 0 N–H and O–H groups in total. The average Bonchev–Trinajstić information content (AvgIpc) is 2.56. The Labute approximate surface area is 143 Å². The first-order valence-electron chi connectivity index (χ1n) is 8.78. The predicted molar refractivity (Wildman–Crippen MR) is 93.3 cm³/mol. The molecule has 5 heteroatoms. The molecule has 0 saturated carbocycles. The molecule has 2 aliphatic heterocycles. The van der Waals surface area contributed by atoms with Gasteiger partial charge in [0.1, 0.15) is 5.75 Å². The number of piperidine rings is 1. The molecule has 2 amide bonds. The normalized spacial score (nSPS) is 19.7. The third-order valence-corrected chi connectivity index (χ3v) is 4.79. The van der Waals surface area contributed by atoms with Crippen molar-refractivity contribution in [2.45, 2.75) is 52.1 Å². The summed E-state index contributed by atoms with van der Waals surface area (Å²) in [5.41, 5.74) is 0.930. The lowest BCUT2D eigenvalue weighted by Gasteiger charge is -2.39. The van der Waals surface area contributed by atoms with E-state index < -0.39 is 5.60 Å². The van der Waals surface area contributed by atoms with Crippen molar-refractivity contribution in [3.05, 3.63) is 23.8 Å². The van der Waals surface area contributed by atoms with Gasteiger partial charge in [0.2, 0.25) is 5.91 Å². The fourth-order valence-corrected chi connectivity index (χ4v) is 3.41. The van der Waals surface area contributed by atoms with Crippen LogP contribution in [0.3, 0.4) is 0 Å². The van der Waals surface area contributed by atoms with Gasteiger partial charge in [-0.3, -0.25) is 9.59 Å². The van der Waals surface area contributed by atoms with Crippen LogP contribution in [0.25, 0.3) is 0 Å². The Morgan fingerprint density at radius 2 is 1.92 bits per heavy atom. The van der Waals surface area contributed by atoms with Crippen molar-refractivity contribution in [1.29, 1.82) is 0 Å². The van der Waals surface area contributed by atoms with Crippen molar-refractivity contribution < 1.29 is 14.3 Å². The molecule has 24 heavy (non-hydrogen) atoms. The molecular weight excluding hydrogens is 304 g/mol. The maximum Gasteiger partial charge on any atom is 0.270 e. The number of rotatable bonds is 3. The molecular formula is C19H26N2O3. The molecule has 2 heterocycles. The summed E-state index contributed by atoms with van der Waals surface area (Å²) in [4.78, 5) is 28.9. The predicted octanol–water partition coefficient (Wildman–Crippen LogP) is 2.90. The average molecular weight is 330 g/mol. The lowest BCUT2D eigenvalue weighted by atomic mass is 10.0. The highest BCUT2D eigenvalue weighted by atomic mass is 16.5. The van der Waals surface area contributed by atoms with Gasteiger partial charge < -0.3 is 14.5 Å². The zero-order valence-electron chi connectivity index (χ0n) is 14.8. The Kier molecular flexibility index (Phi) is 4.52. The summed E-state index contributed by atoms with van der Waals surface area (Å²) in [6.45, 7) is 7.63. The summed E-state index contributed by atoms with van der Waals surface area (Å²) in [6, 6.07) is 5.83. The van der Waals surface area contributed by atoms with E-state index in [9.17, 15) is 9.59 Å². The van der Waals surface area contributed by atoms with Gasteiger partial charge in [0.15, 0.2) is 5.60 Å². The van der Waals surface area contributed by atoms with E-state index >= 15 is 0 Å². The molecule has 3 rings (SSSR count). The van der Waals surface area contributed by atoms with Crippen LogP contribution >= 0.6 is 0 Å². The minimum Gasteiger partial charge on any atom is -0.476 e. The molecule has 0 bridgehead atoms. The highest BCUT2D eigenvalue weighted by Gasteiger charge is 2.41. The van der Waals surface area contributed by atoms with Crippen LogP contribution < -0.4 is 9.64 Å². The van der Waals surface area contributed by atoms with E-state index in [1.54, 1.807) is 18.7 Å². The number of carbonyl (C=O) groups is 2. The standard InChI is InChI=1S/C19H26N2O3/c1-14-7-8-16-15(13-14)21(18(23)19(2,3)24-16)12-9-17(22)20-10-5-4-6-11-20/h7-8,13H,4-6,9-12H2,1-3H3. The first-order chi connectivity index (χ1) is 11.4. The van der Waals surface area contributed by atoms with Gasteiger partial charge in [0, 0.05) is 26.1 Å². The second-order valence-corrected chi connectivity index (χ2v) is 7.23. The Morgan fingerprint density at radius 1 is 1.21 bits per heavy atom. The van der Waals surface area contributed by atoms with E-state index in [1.165, 1.54) is 6.42 Å². The molecule has 2 aliphatic rings. The number of aryl methyl sites for hydroxylation is 1. The van der Waals surface area contributed by atoms with Crippen LogP contribution in [0.2, 0.25) is 0 Å². The number of carbonyl (C=O) groups excluding carboxylic acids is 2. The van der Waals surface area contributed by atoms with Gasteiger partial charge in [0.05, 0.1) is 5.69 Å². The van der Waals surface area contributed by atoms with Gasteiger partial charge in [-0.2, -0.15) is 0 Å². The second-order valence-electron chi connectivity index (χ2n) is 7.23. The highest BCUT2D eigenvalue weighted by molar-refractivity contribution is 6.02. The number of fused-ring (bicyclic) bond motifs is 1. The molecule has 0 spiro atoms. The first kappa shape index (κ1) is 16.8. The molecule has 0 aliphatic carbocycles. The quantitative estimate of drug-likeness (QED) is 0.856. The van der Waals surface area contributed by atoms with Crippen molar-refractivity contribution in [3.63, 3.8) is 0 Å². The number of nitrogens with zero attached hydrogens (tertiary/aromatic N) is 2. The summed E-state index contributed by atoms with van der Waals surface area (Å²) < 4.78 is 5.85. The zero-order chi connectivity index (χ0) is 17.3. The van der Waals surface area contributed by atoms with Crippen LogP contribution in [0.4, 0.5) is 5.69 Å². The van der Waals surface area contributed by atoms with Gasteiger partial charge in [0.25, 0.3) is 5.91 Å². The van der Waals surface area contributed by atoms with Gasteiger partial charge in [-0.05, 0) is 57.7 Å². The number of ether oxygens (including phenoxy) is 1. The Bertz CT molecular complexity index is 648. The molecule has 1 aromatic carbocycles. The van der Waals surface area contributed by atoms with E-state index in [-0.39, 0.29) is 11.8 Å². The fraction of sp³-hybridized carbons (Fsp3) is 0.579. The molecule has 5 nitrogen and oxygen atoms in total. The van der Waals surface area contributed by atoms with Gasteiger partial charge >= 0.3 is 0 Å². The summed E-state index contributed by atoms with van der Waals surface area (Å²) in [6.07, 6.45) is 3.72. The zero-order valence-corrected chi connectivity index (χ0v) is 14.8. The van der Waals surface area contributed by atoms with Crippen molar-refractivity contribution in [2.75, 3.05) is 24.5 Å². The number of hydrogen-bond acceptors (Lipinski definition) is 3. The molecule has 0 atom stereocenters. The minimum absolute atomic E-state index is 0.0907. The van der Waals surface area contributed by atoms with E-state index in [2.05, 4.69) is 0 Å². The van der Waals surface area contributed by atoms with Crippen LogP contribution in [-0.4, -0.2) is 41.9 Å². The third kappa shape index (κ3) is 3.25. The summed E-state index contributed by atoms with van der Waals surface area (Å²) in [5.74, 6) is 0.753. The smallest absolute Gasteiger partial charge is 0.270 e. The van der Waals surface area contributed by atoms with Crippen LogP contribution in [-0.2, 0) is 9.59 Å². The maximum atomic E-state index is 12.8. The highest BCUT2D eigenvalue weighted by Crippen LogP contribution is 2.38. The summed E-state index contributed by atoms with van der Waals surface area (Å²) in [5, 5.41) is 0. The molecule has 1 aromatic rings. The molecule has 130 valence electrons. The van der Waals surface area contributed by atoms with Crippen molar-refractivity contribution in [3.8, 4) is 5.75 Å². The minimum atomic E-state index is -0.906. The summed E-state index contributed by atoms with van der Waals surface area (Å²) >= 11 is 0. The molecule has 1 fully saturated rings. The van der Waals surface area contributed by atoms with Crippen LogP contribution in [0, 0.1) is 6.92 Å². The van der Waals surface area contributed by atoms with Crippen molar-refractivity contribution >= 4 is 17.5 Å². The second kappa shape index (κ2) is 6.46. The fourth-order valence-electron chi connectivity index (χ4n) is 3.41. The third-order valence-electron chi connectivity index (χ3n) is 4.79. The number of likely N-dealkylation sites (tertiary alicyclic amines) is 1.